The average Bonchev–Trinajstić information content (AvgIpc) is 2.86. The molecule has 4 heteroatoms. The maximum absolute atomic E-state index is 11.3. The predicted octanol–water partition coefficient (Wildman–Crippen LogP) is 3.56. The van der Waals surface area contributed by atoms with Gasteiger partial charge >= 0.3 is 0 Å². The van der Waals surface area contributed by atoms with Crippen molar-refractivity contribution in [3.63, 3.8) is 0 Å². The van der Waals surface area contributed by atoms with Crippen LogP contribution in [0.5, 0.6) is 5.75 Å². The Morgan fingerprint density at radius 1 is 1.16 bits per heavy atom. The molecule has 1 atom stereocenters. The van der Waals surface area contributed by atoms with Crippen LogP contribution >= 0.6 is 0 Å². The van der Waals surface area contributed by atoms with Gasteiger partial charge in [-0.25, -0.2) is 0 Å². The lowest BCUT2D eigenvalue weighted by molar-refractivity contribution is 0.0201. The molecule has 4 nitrogen and oxygen atoms in total. The molecular weight excluding hydrogens is 314 g/mol. The number of rotatable bonds is 6. The number of ketones is 1. The Bertz CT molecular complexity index is 669. The van der Waals surface area contributed by atoms with Gasteiger partial charge in [-0.2, -0.15) is 0 Å². The van der Waals surface area contributed by atoms with Crippen molar-refractivity contribution in [1.82, 2.24) is 4.90 Å². The number of hydrogen-bond acceptors (Lipinski definition) is 4. The minimum atomic E-state index is 0.0543. The van der Waals surface area contributed by atoms with Crippen LogP contribution in [-0.4, -0.2) is 43.1 Å². The van der Waals surface area contributed by atoms with Gasteiger partial charge in [0.05, 0.1) is 0 Å². The summed E-state index contributed by atoms with van der Waals surface area (Å²) in [6.45, 7) is 5.69. The molecule has 2 aromatic rings. The molecule has 0 aromatic heterocycles. The fourth-order valence-corrected chi connectivity index (χ4v) is 3.03. The molecule has 0 spiro atoms. The van der Waals surface area contributed by atoms with Crippen LogP contribution in [0.1, 0.15) is 29.3 Å². The van der Waals surface area contributed by atoms with E-state index >= 15 is 0 Å². The van der Waals surface area contributed by atoms with Crippen molar-refractivity contribution >= 4 is 5.78 Å². The van der Waals surface area contributed by atoms with E-state index in [0.29, 0.717) is 12.2 Å². The normalized spacial score (nSPS) is 18.5. The van der Waals surface area contributed by atoms with Gasteiger partial charge in [0, 0.05) is 31.8 Å². The lowest BCUT2D eigenvalue weighted by Gasteiger charge is -2.24. The predicted molar refractivity (Wildman–Crippen MR) is 98.0 cm³/mol. The van der Waals surface area contributed by atoms with Crippen molar-refractivity contribution in [2.24, 2.45) is 0 Å². The Morgan fingerprint density at radius 2 is 1.92 bits per heavy atom. The highest BCUT2D eigenvalue weighted by Gasteiger charge is 2.19. The highest BCUT2D eigenvalue weighted by Crippen LogP contribution is 2.15. The molecule has 0 aliphatic carbocycles. The van der Waals surface area contributed by atoms with Gasteiger partial charge in [0.25, 0.3) is 0 Å². The molecule has 0 radical (unpaired) electrons. The number of Topliss-reactive ketones (excluding diaryl/α,β-unsaturated/α-hetero) is 1. The van der Waals surface area contributed by atoms with Crippen molar-refractivity contribution in [3.8, 4) is 5.75 Å². The number of hydrogen-bond donors (Lipinski definition) is 0. The first-order chi connectivity index (χ1) is 12.2. The summed E-state index contributed by atoms with van der Waals surface area (Å²) in [5, 5.41) is 0. The summed E-state index contributed by atoms with van der Waals surface area (Å²) < 4.78 is 11.8. The van der Waals surface area contributed by atoms with Gasteiger partial charge in [-0.05, 0) is 43.2 Å². The highest BCUT2D eigenvalue weighted by molar-refractivity contribution is 5.94. The summed E-state index contributed by atoms with van der Waals surface area (Å²) in [4.78, 5) is 13.7. The minimum Gasteiger partial charge on any atom is -0.491 e. The molecular formula is C21H25NO3. The molecule has 0 N–H and O–H groups in total. The lowest BCUT2D eigenvalue weighted by Crippen LogP contribution is -2.34. The summed E-state index contributed by atoms with van der Waals surface area (Å²) in [7, 11) is 0. The first-order valence-corrected chi connectivity index (χ1v) is 8.82. The molecule has 2 aromatic carbocycles. The van der Waals surface area contributed by atoms with Gasteiger partial charge in [-0.3, -0.25) is 9.69 Å². The number of benzene rings is 2. The number of ether oxygens (including phenoxy) is 2. The molecule has 1 fully saturated rings. The summed E-state index contributed by atoms with van der Waals surface area (Å²) in [6, 6.07) is 17.8. The third-order valence-electron chi connectivity index (χ3n) is 4.38. The highest BCUT2D eigenvalue weighted by atomic mass is 16.5. The lowest BCUT2D eigenvalue weighted by atomic mass is 10.1. The Labute approximate surface area is 149 Å². The van der Waals surface area contributed by atoms with Crippen LogP contribution < -0.4 is 4.74 Å². The third-order valence-corrected chi connectivity index (χ3v) is 4.38. The SMILES string of the molecule is CC(=O)c1ccc(OC[C@H]2CN(Cc3ccccc3)CCCO2)cc1. The second-order valence-electron chi connectivity index (χ2n) is 6.46. The summed E-state index contributed by atoms with van der Waals surface area (Å²) in [5.74, 6) is 0.836. The Hall–Kier alpha value is -2.17. The number of carbonyl (C=O) groups is 1. The van der Waals surface area contributed by atoms with Crippen LogP contribution in [-0.2, 0) is 11.3 Å². The largest absolute Gasteiger partial charge is 0.491 e. The van der Waals surface area contributed by atoms with Crippen molar-refractivity contribution in [2.75, 3.05) is 26.3 Å². The van der Waals surface area contributed by atoms with Gasteiger partial charge in [0.2, 0.25) is 0 Å². The molecule has 0 unspecified atom stereocenters. The van der Waals surface area contributed by atoms with E-state index in [0.717, 1.165) is 38.4 Å². The average molecular weight is 339 g/mol. The van der Waals surface area contributed by atoms with Gasteiger partial charge in [0.1, 0.15) is 18.5 Å². The van der Waals surface area contributed by atoms with E-state index in [1.807, 2.05) is 18.2 Å². The second-order valence-corrected chi connectivity index (χ2v) is 6.46. The molecule has 1 heterocycles. The van der Waals surface area contributed by atoms with E-state index < -0.39 is 0 Å². The van der Waals surface area contributed by atoms with Gasteiger partial charge in [-0.1, -0.05) is 30.3 Å². The Kier molecular flexibility index (Phi) is 6.20. The monoisotopic (exact) mass is 339 g/mol. The molecule has 3 rings (SSSR count). The zero-order valence-corrected chi connectivity index (χ0v) is 14.7. The molecule has 25 heavy (non-hydrogen) atoms. The smallest absolute Gasteiger partial charge is 0.159 e. The molecule has 1 aliphatic heterocycles. The van der Waals surface area contributed by atoms with E-state index in [2.05, 4.69) is 29.2 Å². The first kappa shape index (κ1) is 17.6. The van der Waals surface area contributed by atoms with E-state index in [9.17, 15) is 4.79 Å². The van der Waals surface area contributed by atoms with Gasteiger partial charge in [-0.15, -0.1) is 0 Å². The van der Waals surface area contributed by atoms with Gasteiger partial charge < -0.3 is 9.47 Å². The van der Waals surface area contributed by atoms with Crippen LogP contribution in [0.3, 0.4) is 0 Å². The zero-order valence-electron chi connectivity index (χ0n) is 14.7. The van der Waals surface area contributed by atoms with Crippen LogP contribution in [0, 0.1) is 0 Å². The molecule has 0 amide bonds. The van der Waals surface area contributed by atoms with Crippen LogP contribution in [0.25, 0.3) is 0 Å². The van der Waals surface area contributed by atoms with Crippen LogP contribution in [0.15, 0.2) is 54.6 Å². The fourth-order valence-electron chi connectivity index (χ4n) is 3.03. The minimum absolute atomic E-state index is 0.0543. The van der Waals surface area contributed by atoms with Crippen LogP contribution in [0.4, 0.5) is 0 Å². The topological polar surface area (TPSA) is 38.8 Å². The Balaban J connectivity index is 1.53. The van der Waals surface area contributed by atoms with Crippen LogP contribution in [0.2, 0.25) is 0 Å². The van der Waals surface area contributed by atoms with Crippen molar-refractivity contribution in [1.29, 1.82) is 0 Å². The van der Waals surface area contributed by atoms with E-state index in [-0.39, 0.29) is 11.9 Å². The van der Waals surface area contributed by atoms with E-state index in [1.165, 1.54) is 5.56 Å². The van der Waals surface area contributed by atoms with E-state index in [1.54, 1.807) is 19.1 Å². The van der Waals surface area contributed by atoms with Crippen molar-refractivity contribution in [3.05, 3.63) is 65.7 Å². The van der Waals surface area contributed by atoms with Gasteiger partial charge in [0.15, 0.2) is 5.78 Å². The number of carbonyl (C=O) groups excluding carboxylic acids is 1. The zero-order chi connectivity index (χ0) is 17.5. The van der Waals surface area contributed by atoms with E-state index in [4.69, 9.17) is 9.47 Å². The first-order valence-electron chi connectivity index (χ1n) is 8.82. The molecule has 1 aliphatic rings. The standard InChI is InChI=1S/C21H25NO3/c1-17(23)19-8-10-20(11-9-19)25-16-21-15-22(12-5-13-24-21)14-18-6-3-2-4-7-18/h2-4,6-11,21H,5,12-16H2,1H3/t21-/m1/s1. The van der Waals surface area contributed by atoms with Crippen molar-refractivity contribution < 1.29 is 14.3 Å². The summed E-state index contributed by atoms with van der Waals surface area (Å²) in [6.07, 6.45) is 1.09. The van der Waals surface area contributed by atoms with Crippen molar-refractivity contribution in [2.45, 2.75) is 26.0 Å². The quantitative estimate of drug-likeness (QED) is 0.755. The molecule has 1 saturated heterocycles. The molecule has 0 saturated carbocycles. The molecule has 132 valence electrons. The molecule has 0 bridgehead atoms. The number of nitrogens with zero attached hydrogens (tertiary/aromatic N) is 1. The third kappa shape index (κ3) is 5.41. The maximum Gasteiger partial charge on any atom is 0.159 e. The maximum atomic E-state index is 11.3. The fraction of sp³-hybridized carbons (Fsp3) is 0.381. The summed E-state index contributed by atoms with van der Waals surface area (Å²) in [5.41, 5.74) is 2.02. The Morgan fingerprint density at radius 3 is 2.64 bits per heavy atom. The summed E-state index contributed by atoms with van der Waals surface area (Å²) >= 11 is 0. The second kappa shape index (κ2) is 8.79.